The molecule has 0 fully saturated rings. The van der Waals surface area contributed by atoms with Crippen molar-refractivity contribution in [3.05, 3.63) is 41.5 Å². The van der Waals surface area contributed by atoms with Crippen LogP contribution in [0.4, 0.5) is 0 Å². The first-order chi connectivity index (χ1) is 12.7. The summed E-state index contributed by atoms with van der Waals surface area (Å²) in [5, 5.41) is 11.6. The van der Waals surface area contributed by atoms with E-state index in [-0.39, 0.29) is 0 Å². The van der Waals surface area contributed by atoms with E-state index < -0.39 is 0 Å². The topological polar surface area (TPSA) is 65.7 Å². The lowest BCUT2D eigenvalue weighted by Crippen LogP contribution is -2.00. The number of thiophene rings is 1. The highest BCUT2D eigenvalue weighted by molar-refractivity contribution is 7.99. The van der Waals surface area contributed by atoms with Crippen molar-refractivity contribution < 1.29 is 4.74 Å². The third-order valence-electron chi connectivity index (χ3n) is 3.99. The Morgan fingerprint density at radius 2 is 1.96 bits per heavy atom. The second-order valence-electron chi connectivity index (χ2n) is 5.64. The fraction of sp³-hybridized carbons (Fsp3) is 0.222. The monoisotopic (exact) mass is 383 g/mol. The van der Waals surface area contributed by atoms with E-state index in [0.29, 0.717) is 0 Å². The van der Waals surface area contributed by atoms with Crippen LogP contribution in [-0.4, -0.2) is 31.8 Å². The number of nitrogens with zero attached hydrogens (tertiary/aromatic N) is 5. The van der Waals surface area contributed by atoms with Gasteiger partial charge >= 0.3 is 0 Å². The number of hydrogen-bond acceptors (Lipinski definition) is 7. The van der Waals surface area contributed by atoms with E-state index in [1.54, 1.807) is 24.8 Å². The van der Waals surface area contributed by atoms with Crippen LogP contribution in [-0.2, 0) is 6.54 Å². The Morgan fingerprint density at radius 1 is 1.15 bits per heavy atom. The summed E-state index contributed by atoms with van der Waals surface area (Å²) in [5.74, 6) is 1.66. The molecule has 6 nitrogen and oxygen atoms in total. The molecular weight excluding hydrogens is 366 g/mol. The first-order valence-electron chi connectivity index (χ1n) is 8.16. The van der Waals surface area contributed by atoms with Gasteiger partial charge in [-0.05, 0) is 55.9 Å². The van der Waals surface area contributed by atoms with Crippen LogP contribution in [0.3, 0.4) is 0 Å². The molecule has 0 saturated heterocycles. The van der Waals surface area contributed by atoms with Gasteiger partial charge in [-0.2, -0.15) is 0 Å². The average Bonchev–Trinajstić information content (AvgIpc) is 3.24. The van der Waals surface area contributed by atoms with E-state index in [2.05, 4.69) is 44.6 Å². The van der Waals surface area contributed by atoms with Crippen molar-refractivity contribution in [2.45, 2.75) is 30.6 Å². The number of benzene rings is 1. The van der Waals surface area contributed by atoms with Crippen molar-refractivity contribution in [2.75, 3.05) is 7.11 Å². The molecule has 0 amide bonds. The highest BCUT2D eigenvalue weighted by Gasteiger charge is 2.16. The average molecular weight is 384 g/mol. The molecule has 3 aromatic heterocycles. The normalized spacial score (nSPS) is 11.2. The van der Waals surface area contributed by atoms with Gasteiger partial charge in [0.1, 0.15) is 21.9 Å². The first-order valence-corrected chi connectivity index (χ1v) is 9.79. The van der Waals surface area contributed by atoms with Gasteiger partial charge in [0.2, 0.25) is 0 Å². The summed E-state index contributed by atoms with van der Waals surface area (Å²) in [4.78, 5) is 11.0. The third kappa shape index (κ3) is 3.06. The molecule has 1 aromatic carbocycles. The number of aryl methyl sites for hydroxylation is 1. The predicted octanol–water partition coefficient (Wildman–Crippen LogP) is 4.44. The van der Waals surface area contributed by atoms with E-state index in [1.165, 1.54) is 16.6 Å². The zero-order valence-corrected chi connectivity index (χ0v) is 16.3. The molecule has 3 heterocycles. The lowest BCUT2D eigenvalue weighted by atomic mass is 10.2. The molecular formula is C18H17N5OS2. The second-order valence-corrected chi connectivity index (χ2v) is 7.83. The van der Waals surface area contributed by atoms with Crippen LogP contribution < -0.4 is 4.74 Å². The van der Waals surface area contributed by atoms with Gasteiger partial charge in [-0.25, -0.2) is 9.97 Å². The smallest absolute Gasteiger partial charge is 0.197 e. The molecule has 4 rings (SSSR count). The number of fused-ring (bicyclic) bond motifs is 1. The maximum Gasteiger partial charge on any atom is 0.197 e. The van der Waals surface area contributed by atoms with Crippen molar-refractivity contribution in [3.63, 3.8) is 0 Å². The van der Waals surface area contributed by atoms with E-state index in [1.807, 2.05) is 24.3 Å². The number of hydrogen-bond donors (Lipinski definition) is 0. The van der Waals surface area contributed by atoms with Crippen molar-refractivity contribution in [1.82, 2.24) is 24.7 Å². The Bertz CT molecular complexity index is 1060. The number of aromatic nitrogens is 5. The first kappa shape index (κ1) is 17.0. The number of ether oxygens (including phenoxy) is 1. The Morgan fingerprint density at radius 3 is 2.69 bits per heavy atom. The number of rotatable bonds is 5. The molecule has 0 aliphatic heterocycles. The van der Waals surface area contributed by atoms with Gasteiger partial charge in [0, 0.05) is 22.4 Å². The summed E-state index contributed by atoms with van der Waals surface area (Å²) in [6.07, 6.45) is 1.61. The molecule has 0 aliphatic rings. The van der Waals surface area contributed by atoms with Crippen LogP contribution in [0, 0.1) is 6.92 Å². The van der Waals surface area contributed by atoms with Crippen molar-refractivity contribution in [2.24, 2.45) is 0 Å². The van der Waals surface area contributed by atoms with Gasteiger partial charge in [-0.15, -0.1) is 21.5 Å². The van der Waals surface area contributed by atoms with Crippen molar-refractivity contribution in [1.29, 1.82) is 0 Å². The zero-order chi connectivity index (χ0) is 18.1. The molecule has 0 unspecified atom stereocenters. The predicted molar refractivity (Wildman–Crippen MR) is 104 cm³/mol. The summed E-state index contributed by atoms with van der Waals surface area (Å²) in [6, 6.07) is 9.97. The Labute approximate surface area is 159 Å². The molecule has 0 spiro atoms. The molecule has 0 atom stereocenters. The molecule has 0 aliphatic carbocycles. The maximum atomic E-state index is 5.23. The molecule has 0 saturated carbocycles. The van der Waals surface area contributed by atoms with E-state index in [4.69, 9.17) is 4.74 Å². The second kappa shape index (κ2) is 7.05. The summed E-state index contributed by atoms with van der Waals surface area (Å²) in [7, 11) is 1.66. The summed E-state index contributed by atoms with van der Waals surface area (Å²) < 4.78 is 7.33. The molecule has 4 aromatic rings. The fourth-order valence-corrected chi connectivity index (χ4v) is 4.58. The van der Waals surface area contributed by atoms with Crippen molar-refractivity contribution in [3.8, 4) is 17.1 Å². The minimum atomic E-state index is 0.771. The molecule has 132 valence electrons. The standard InChI is InChI=1S/C18H17N5OS2/c1-4-23-15(12-5-7-13(24-3)8-6-12)21-22-18(23)26-17-14-9-11(2)25-16(14)19-10-20-17/h5-10H,4H2,1-3H3. The van der Waals surface area contributed by atoms with Gasteiger partial charge < -0.3 is 9.30 Å². The van der Waals surface area contributed by atoms with Crippen LogP contribution in [0.5, 0.6) is 5.75 Å². The lowest BCUT2D eigenvalue weighted by Gasteiger charge is -2.08. The van der Waals surface area contributed by atoms with Gasteiger partial charge in [-0.3, -0.25) is 0 Å². The maximum absolute atomic E-state index is 5.23. The van der Waals surface area contributed by atoms with Crippen LogP contribution in [0.1, 0.15) is 11.8 Å². The minimum absolute atomic E-state index is 0.771. The van der Waals surface area contributed by atoms with Crippen LogP contribution in [0.2, 0.25) is 0 Å². The third-order valence-corrected chi connectivity index (χ3v) is 5.95. The number of methoxy groups -OCH3 is 1. The molecule has 0 N–H and O–H groups in total. The summed E-state index contributed by atoms with van der Waals surface area (Å²) in [6.45, 7) is 4.94. The highest BCUT2D eigenvalue weighted by atomic mass is 32.2. The largest absolute Gasteiger partial charge is 0.497 e. The quantitative estimate of drug-likeness (QED) is 0.475. The molecule has 26 heavy (non-hydrogen) atoms. The van der Waals surface area contributed by atoms with Gasteiger partial charge in [0.15, 0.2) is 11.0 Å². The van der Waals surface area contributed by atoms with E-state index in [0.717, 1.165) is 44.1 Å². The van der Waals surface area contributed by atoms with Crippen molar-refractivity contribution >= 4 is 33.3 Å². The summed E-state index contributed by atoms with van der Waals surface area (Å²) in [5.41, 5.74) is 1.01. The minimum Gasteiger partial charge on any atom is -0.497 e. The molecule has 8 heteroatoms. The Hall–Kier alpha value is -2.45. The zero-order valence-electron chi connectivity index (χ0n) is 14.6. The van der Waals surface area contributed by atoms with Gasteiger partial charge in [-0.1, -0.05) is 0 Å². The van der Waals surface area contributed by atoms with Crippen LogP contribution >= 0.6 is 23.1 Å². The SMILES string of the molecule is CCn1c(Sc2ncnc3sc(C)cc23)nnc1-c1ccc(OC)cc1. The highest BCUT2D eigenvalue weighted by Crippen LogP contribution is 2.35. The van der Waals surface area contributed by atoms with E-state index in [9.17, 15) is 0 Å². The molecule has 0 radical (unpaired) electrons. The van der Waals surface area contributed by atoms with E-state index >= 15 is 0 Å². The lowest BCUT2D eigenvalue weighted by molar-refractivity contribution is 0.415. The van der Waals surface area contributed by atoms with Crippen LogP contribution in [0.25, 0.3) is 21.6 Å². The van der Waals surface area contributed by atoms with Crippen LogP contribution in [0.15, 0.2) is 46.8 Å². The van der Waals surface area contributed by atoms with Gasteiger partial charge in [0.05, 0.1) is 7.11 Å². The summed E-state index contributed by atoms with van der Waals surface area (Å²) >= 11 is 3.20. The van der Waals surface area contributed by atoms with Gasteiger partial charge in [0.25, 0.3) is 0 Å². The Kier molecular flexibility index (Phi) is 4.60. The molecule has 0 bridgehead atoms. The Balaban J connectivity index is 1.72. The fourth-order valence-electron chi connectivity index (χ4n) is 2.73.